The Bertz CT molecular complexity index is 1080. The van der Waals surface area contributed by atoms with Crippen LogP contribution in [0.1, 0.15) is 26.3 Å². The van der Waals surface area contributed by atoms with E-state index in [1.807, 2.05) is 36.4 Å². The Labute approximate surface area is 182 Å². The van der Waals surface area contributed by atoms with Gasteiger partial charge in [0.15, 0.2) is 0 Å². The van der Waals surface area contributed by atoms with Crippen molar-refractivity contribution in [2.75, 3.05) is 0 Å². The van der Waals surface area contributed by atoms with E-state index in [4.69, 9.17) is 4.43 Å². The van der Waals surface area contributed by atoms with Gasteiger partial charge in [-0.2, -0.15) is 0 Å². The van der Waals surface area contributed by atoms with Gasteiger partial charge in [0.2, 0.25) is 0 Å². The summed E-state index contributed by atoms with van der Waals surface area (Å²) in [7, 11) is -2.10. The minimum Gasteiger partial charge on any atom is -0.543 e. The van der Waals surface area contributed by atoms with Gasteiger partial charge < -0.3 is 4.43 Å². The number of halogens is 1. The standard InChI is InChI=1S/C25H27BrO2Si/c1-25(2,3)29(4,5)28-24-19-12-7-6-11-18(19)17-22(21(24)14-10-16-27)20-13-8-9-15-23(20)26/h6-17H,1-5H3/b14-10-. The summed E-state index contributed by atoms with van der Waals surface area (Å²) < 4.78 is 7.87. The van der Waals surface area contributed by atoms with Crippen LogP contribution in [-0.4, -0.2) is 14.6 Å². The zero-order chi connectivity index (χ0) is 21.2. The molecule has 0 radical (unpaired) electrons. The first-order valence-corrected chi connectivity index (χ1v) is 13.5. The van der Waals surface area contributed by atoms with Crippen LogP contribution in [0.2, 0.25) is 18.1 Å². The van der Waals surface area contributed by atoms with E-state index < -0.39 is 8.32 Å². The molecule has 0 bridgehead atoms. The van der Waals surface area contributed by atoms with Crippen LogP contribution >= 0.6 is 15.9 Å². The van der Waals surface area contributed by atoms with Crippen LogP contribution in [0.4, 0.5) is 0 Å². The minimum absolute atomic E-state index is 0.0586. The summed E-state index contributed by atoms with van der Waals surface area (Å²) >= 11 is 3.69. The fourth-order valence-electron chi connectivity index (χ4n) is 3.05. The summed E-state index contributed by atoms with van der Waals surface area (Å²) in [5.41, 5.74) is 3.05. The number of hydrogen-bond donors (Lipinski definition) is 0. The van der Waals surface area contributed by atoms with Crippen molar-refractivity contribution in [3.05, 3.63) is 70.7 Å². The second-order valence-electron chi connectivity index (χ2n) is 8.73. The SMILES string of the molecule is CC(C)(C)[Si](C)(C)Oc1c(/C=C\C=O)c(-c2ccccc2Br)cc2ccccc12. The first-order chi connectivity index (χ1) is 13.7. The van der Waals surface area contributed by atoms with Gasteiger partial charge in [0, 0.05) is 15.4 Å². The summed E-state index contributed by atoms with van der Waals surface area (Å²) in [6, 6.07) is 18.6. The molecule has 3 aromatic carbocycles. The molecule has 0 spiro atoms. The predicted octanol–water partition coefficient (Wildman–Crippen LogP) is 7.87. The molecule has 0 fully saturated rings. The number of carbonyl (C=O) groups is 1. The quantitative estimate of drug-likeness (QED) is 0.217. The molecule has 0 amide bonds. The number of fused-ring (bicyclic) bond motifs is 1. The predicted molar refractivity (Wildman–Crippen MR) is 130 cm³/mol. The van der Waals surface area contributed by atoms with Crippen molar-refractivity contribution in [2.24, 2.45) is 0 Å². The second kappa shape index (κ2) is 8.29. The summed E-state index contributed by atoms with van der Waals surface area (Å²) in [6.45, 7) is 11.2. The molecule has 0 N–H and O–H groups in total. The van der Waals surface area contributed by atoms with E-state index in [1.54, 1.807) is 6.08 Å². The lowest BCUT2D eigenvalue weighted by Crippen LogP contribution is -2.44. The van der Waals surface area contributed by atoms with Crippen molar-refractivity contribution in [1.29, 1.82) is 0 Å². The highest BCUT2D eigenvalue weighted by Gasteiger charge is 2.39. The van der Waals surface area contributed by atoms with Crippen LogP contribution in [0.15, 0.2) is 65.1 Å². The largest absolute Gasteiger partial charge is 0.543 e. The molecule has 0 aliphatic heterocycles. The van der Waals surface area contributed by atoms with Gasteiger partial charge in [0.25, 0.3) is 8.32 Å². The average molecular weight is 467 g/mol. The van der Waals surface area contributed by atoms with Crippen LogP contribution in [0.5, 0.6) is 5.75 Å². The summed E-state index contributed by atoms with van der Waals surface area (Å²) in [6.07, 6.45) is 4.23. The third-order valence-electron chi connectivity index (χ3n) is 5.71. The van der Waals surface area contributed by atoms with Crippen molar-refractivity contribution in [1.82, 2.24) is 0 Å². The highest BCUT2D eigenvalue weighted by atomic mass is 79.9. The Balaban J connectivity index is 2.39. The van der Waals surface area contributed by atoms with E-state index in [0.717, 1.165) is 44.0 Å². The van der Waals surface area contributed by atoms with Gasteiger partial charge in [-0.25, -0.2) is 0 Å². The average Bonchev–Trinajstić information content (AvgIpc) is 2.66. The third-order valence-corrected chi connectivity index (χ3v) is 10.7. The van der Waals surface area contributed by atoms with Gasteiger partial charge >= 0.3 is 0 Å². The zero-order valence-corrected chi connectivity index (χ0v) is 20.2. The minimum atomic E-state index is -2.10. The Morgan fingerprint density at radius 2 is 1.62 bits per heavy atom. The molecule has 0 atom stereocenters. The molecule has 29 heavy (non-hydrogen) atoms. The van der Waals surface area contributed by atoms with Crippen molar-refractivity contribution < 1.29 is 9.22 Å². The number of aldehydes is 1. The van der Waals surface area contributed by atoms with E-state index in [-0.39, 0.29) is 5.04 Å². The van der Waals surface area contributed by atoms with E-state index in [0.29, 0.717) is 0 Å². The molecule has 0 aromatic heterocycles. The van der Waals surface area contributed by atoms with Crippen LogP contribution < -0.4 is 4.43 Å². The van der Waals surface area contributed by atoms with E-state index in [9.17, 15) is 4.79 Å². The van der Waals surface area contributed by atoms with Gasteiger partial charge in [-0.05, 0) is 58.9 Å². The van der Waals surface area contributed by atoms with Crippen molar-refractivity contribution in [2.45, 2.75) is 38.9 Å². The van der Waals surface area contributed by atoms with Crippen molar-refractivity contribution in [3.63, 3.8) is 0 Å². The maximum Gasteiger partial charge on any atom is 0.250 e. The van der Waals surface area contributed by atoms with Gasteiger partial charge in [0.1, 0.15) is 12.0 Å². The van der Waals surface area contributed by atoms with Gasteiger partial charge in [0.05, 0.1) is 0 Å². The molecule has 0 saturated carbocycles. The van der Waals surface area contributed by atoms with Crippen LogP contribution in [0.25, 0.3) is 28.0 Å². The lowest BCUT2D eigenvalue weighted by Gasteiger charge is -2.37. The molecule has 150 valence electrons. The van der Waals surface area contributed by atoms with E-state index in [1.165, 1.54) is 0 Å². The first kappa shape index (κ1) is 21.5. The molecule has 2 nitrogen and oxygen atoms in total. The molecular weight excluding hydrogens is 440 g/mol. The van der Waals surface area contributed by atoms with Crippen LogP contribution in [-0.2, 0) is 4.79 Å². The summed E-state index contributed by atoms with van der Waals surface area (Å²) in [4.78, 5) is 11.2. The topological polar surface area (TPSA) is 26.3 Å². The number of benzene rings is 3. The number of rotatable bonds is 5. The van der Waals surface area contributed by atoms with Gasteiger partial charge in [-0.1, -0.05) is 79.2 Å². The maximum atomic E-state index is 11.2. The number of carbonyl (C=O) groups excluding carboxylic acids is 1. The number of allylic oxidation sites excluding steroid dienone is 1. The molecule has 0 aliphatic rings. The Morgan fingerprint density at radius 1 is 0.966 bits per heavy atom. The molecule has 3 aromatic rings. The summed E-state index contributed by atoms with van der Waals surface area (Å²) in [5, 5.41) is 2.25. The Kier molecular flexibility index (Phi) is 6.15. The highest BCUT2D eigenvalue weighted by Crippen LogP contribution is 2.45. The van der Waals surface area contributed by atoms with Crippen molar-refractivity contribution >= 4 is 47.4 Å². The first-order valence-electron chi connectivity index (χ1n) is 9.77. The lowest BCUT2D eigenvalue weighted by atomic mass is 9.94. The Morgan fingerprint density at radius 3 is 2.28 bits per heavy atom. The molecule has 0 saturated heterocycles. The second-order valence-corrected chi connectivity index (χ2v) is 14.3. The third kappa shape index (κ3) is 4.38. The Hall–Kier alpha value is -2.17. The van der Waals surface area contributed by atoms with E-state index in [2.05, 4.69) is 74.1 Å². The highest BCUT2D eigenvalue weighted by molar-refractivity contribution is 9.10. The molecule has 0 heterocycles. The molecule has 3 rings (SSSR count). The van der Waals surface area contributed by atoms with Crippen LogP contribution in [0, 0.1) is 0 Å². The maximum absolute atomic E-state index is 11.2. The monoisotopic (exact) mass is 466 g/mol. The molecular formula is C25H27BrO2Si. The smallest absolute Gasteiger partial charge is 0.250 e. The van der Waals surface area contributed by atoms with Crippen molar-refractivity contribution in [3.8, 4) is 16.9 Å². The fraction of sp³-hybridized carbons (Fsp3) is 0.240. The van der Waals surface area contributed by atoms with Crippen LogP contribution in [0.3, 0.4) is 0 Å². The zero-order valence-electron chi connectivity index (χ0n) is 17.6. The lowest BCUT2D eigenvalue weighted by molar-refractivity contribution is -0.104. The van der Waals surface area contributed by atoms with Gasteiger partial charge in [-0.15, -0.1) is 0 Å². The fourth-order valence-corrected chi connectivity index (χ4v) is 4.59. The molecule has 0 unspecified atom stereocenters. The normalized spacial score (nSPS) is 12.5. The van der Waals surface area contributed by atoms with E-state index >= 15 is 0 Å². The summed E-state index contributed by atoms with van der Waals surface area (Å²) in [5.74, 6) is 0.860. The molecule has 4 heteroatoms. The molecule has 0 aliphatic carbocycles. The number of hydrogen-bond acceptors (Lipinski definition) is 2. The van der Waals surface area contributed by atoms with Gasteiger partial charge in [-0.3, -0.25) is 4.79 Å².